The van der Waals surface area contributed by atoms with E-state index in [4.69, 9.17) is 4.98 Å². The number of likely N-dealkylation sites (tertiary alicyclic amines) is 1. The van der Waals surface area contributed by atoms with E-state index in [0.29, 0.717) is 31.2 Å². The Hall–Kier alpha value is -1.74. The van der Waals surface area contributed by atoms with Gasteiger partial charge in [0, 0.05) is 45.6 Å². The second-order valence-electron chi connectivity index (χ2n) is 6.46. The Morgan fingerprint density at radius 2 is 2.08 bits per heavy atom. The number of nitrogens with one attached hydrogen (secondary N) is 1. The van der Waals surface area contributed by atoms with Gasteiger partial charge in [0.15, 0.2) is 5.82 Å². The SMILES string of the molecule is CCS(=O)(=O)N1CCc2nc(C3CCCN3C(C)=O)nc(NC)c2C1. The number of rotatable bonds is 4. The standard InChI is InChI=1S/C16H25N5O3S/c1-4-25(23,24)20-9-7-13-12(10-20)15(17-3)19-16(18-13)14-6-5-8-21(14)11(2)22/h14H,4-10H2,1-3H3,(H,17,18,19). The lowest BCUT2D eigenvalue weighted by Gasteiger charge is -2.30. The molecule has 2 aliphatic heterocycles. The van der Waals surface area contributed by atoms with E-state index in [1.807, 2.05) is 4.90 Å². The third-order valence-electron chi connectivity index (χ3n) is 4.99. The largest absolute Gasteiger partial charge is 0.373 e. The molecule has 1 unspecified atom stereocenters. The third-order valence-corrected chi connectivity index (χ3v) is 6.82. The number of hydrogen-bond donors (Lipinski definition) is 1. The molecule has 1 N–H and O–H groups in total. The van der Waals surface area contributed by atoms with Gasteiger partial charge in [0.05, 0.1) is 17.5 Å². The molecule has 3 rings (SSSR count). The van der Waals surface area contributed by atoms with Crippen molar-refractivity contribution in [3.8, 4) is 0 Å². The maximum absolute atomic E-state index is 12.2. The van der Waals surface area contributed by atoms with Crippen LogP contribution in [0, 0.1) is 0 Å². The molecule has 8 nitrogen and oxygen atoms in total. The summed E-state index contributed by atoms with van der Waals surface area (Å²) in [7, 11) is -1.46. The summed E-state index contributed by atoms with van der Waals surface area (Å²) in [6, 6.07) is -0.0905. The van der Waals surface area contributed by atoms with Gasteiger partial charge in [-0.2, -0.15) is 4.31 Å². The van der Waals surface area contributed by atoms with Crippen LogP contribution in [0.2, 0.25) is 0 Å². The van der Waals surface area contributed by atoms with Gasteiger partial charge in [0.2, 0.25) is 15.9 Å². The van der Waals surface area contributed by atoms with E-state index in [9.17, 15) is 13.2 Å². The van der Waals surface area contributed by atoms with Crippen LogP contribution in [-0.2, 0) is 27.8 Å². The first-order valence-electron chi connectivity index (χ1n) is 8.69. The van der Waals surface area contributed by atoms with Crippen LogP contribution in [0.25, 0.3) is 0 Å². The Kier molecular flexibility index (Phi) is 4.97. The van der Waals surface area contributed by atoms with E-state index in [1.54, 1.807) is 20.9 Å². The van der Waals surface area contributed by atoms with Gasteiger partial charge in [0.1, 0.15) is 5.82 Å². The molecule has 1 aromatic heterocycles. The average molecular weight is 367 g/mol. The molecule has 0 radical (unpaired) electrons. The number of fused-ring (bicyclic) bond motifs is 1. The molecule has 1 aromatic rings. The molecule has 25 heavy (non-hydrogen) atoms. The zero-order chi connectivity index (χ0) is 18.2. The van der Waals surface area contributed by atoms with Crippen LogP contribution in [0.15, 0.2) is 0 Å². The summed E-state index contributed by atoms with van der Waals surface area (Å²) in [4.78, 5) is 23.0. The predicted octanol–water partition coefficient (Wildman–Crippen LogP) is 0.909. The summed E-state index contributed by atoms with van der Waals surface area (Å²) in [6.07, 6.45) is 2.37. The second-order valence-corrected chi connectivity index (χ2v) is 8.72. The molecule has 0 aliphatic carbocycles. The van der Waals surface area contributed by atoms with Crippen molar-refractivity contribution in [2.75, 3.05) is 31.2 Å². The van der Waals surface area contributed by atoms with Crippen LogP contribution >= 0.6 is 0 Å². The second kappa shape index (κ2) is 6.87. The van der Waals surface area contributed by atoms with Crippen molar-refractivity contribution in [1.82, 2.24) is 19.2 Å². The highest BCUT2D eigenvalue weighted by atomic mass is 32.2. The molecule has 138 valence electrons. The number of hydrogen-bond acceptors (Lipinski definition) is 6. The van der Waals surface area contributed by atoms with Crippen molar-refractivity contribution in [3.63, 3.8) is 0 Å². The number of amides is 1. The van der Waals surface area contributed by atoms with Gasteiger partial charge in [-0.3, -0.25) is 4.79 Å². The molecule has 1 atom stereocenters. The van der Waals surface area contributed by atoms with Gasteiger partial charge in [-0.15, -0.1) is 0 Å². The van der Waals surface area contributed by atoms with E-state index < -0.39 is 10.0 Å². The highest BCUT2D eigenvalue weighted by molar-refractivity contribution is 7.89. The molecule has 0 spiro atoms. The highest BCUT2D eigenvalue weighted by Gasteiger charge is 2.33. The number of carbonyl (C=O) groups is 1. The van der Waals surface area contributed by atoms with Crippen molar-refractivity contribution in [3.05, 3.63) is 17.1 Å². The van der Waals surface area contributed by atoms with Gasteiger partial charge >= 0.3 is 0 Å². The first kappa shape index (κ1) is 18.1. The molecule has 1 fully saturated rings. The number of sulfonamides is 1. The van der Waals surface area contributed by atoms with Gasteiger partial charge in [-0.1, -0.05) is 0 Å². The summed E-state index contributed by atoms with van der Waals surface area (Å²) in [5, 5.41) is 3.08. The van der Waals surface area contributed by atoms with Crippen molar-refractivity contribution in [1.29, 1.82) is 0 Å². The Morgan fingerprint density at radius 3 is 2.72 bits per heavy atom. The van der Waals surface area contributed by atoms with Gasteiger partial charge in [-0.05, 0) is 19.8 Å². The smallest absolute Gasteiger partial charge is 0.220 e. The first-order valence-corrected chi connectivity index (χ1v) is 10.3. The molecule has 3 heterocycles. The summed E-state index contributed by atoms with van der Waals surface area (Å²) >= 11 is 0. The quantitative estimate of drug-likeness (QED) is 0.850. The molecule has 2 aliphatic rings. The molecular formula is C16H25N5O3S. The highest BCUT2D eigenvalue weighted by Crippen LogP contribution is 2.33. The number of nitrogens with zero attached hydrogens (tertiary/aromatic N) is 4. The lowest BCUT2D eigenvalue weighted by atomic mass is 10.1. The molecule has 1 amide bonds. The number of aromatic nitrogens is 2. The zero-order valence-corrected chi connectivity index (χ0v) is 15.8. The van der Waals surface area contributed by atoms with Crippen LogP contribution in [0.3, 0.4) is 0 Å². The Morgan fingerprint density at radius 1 is 1.32 bits per heavy atom. The summed E-state index contributed by atoms with van der Waals surface area (Å²) in [5.41, 5.74) is 1.72. The normalized spacial score (nSPS) is 21.2. The first-order chi connectivity index (χ1) is 11.9. The van der Waals surface area contributed by atoms with Crippen LogP contribution in [0.4, 0.5) is 5.82 Å². The lowest BCUT2D eigenvalue weighted by Crippen LogP contribution is -2.38. The summed E-state index contributed by atoms with van der Waals surface area (Å²) < 4.78 is 25.9. The van der Waals surface area contributed by atoms with E-state index in [-0.39, 0.29) is 17.7 Å². The summed E-state index contributed by atoms with van der Waals surface area (Å²) in [5.74, 6) is 1.44. The van der Waals surface area contributed by atoms with Gasteiger partial charge in [-0.25, -0.2) is 18.4 Å². The van der Waals surface area contributed by atoms with Crippen molar-refractivity contribution in [2.24, 2.45) is 0 Å². The Balaban J connectivity index is 1.96. The minimum Gasteiger partial charge on any atom is -0.373 e. The van der Waals surface area contributed by atoms with E-state index in [1.165, 1.54) is 4.31 Å². The molecule has 9 heteroatoms. The number of anilines is 1. The molecule has 1 saturated heterocycles. The molecule has 0 aromatic carbocycles. The van der Waals surface area contributed by atoms with Gasteiger partial charge < -0.3 is 10.2 Å². The zero-order valence-electron chi connectivity index (χ0n) is 14.9. The molecule has 0 bridgehead atoms. The van der Waals surface area contributed by atoms with Crippen LogP contribution in [0.1, 0.15) is 49.8 Å². The predicted molar refractivity (Wildman–Crippen MR) is 94.5 cm³/mol. The van der Waals surface area contributed by atoms with Crippen molar-refractivity contribution in [2.45, 2.75) is 45.7 Å². The van der Waals surface area contributed by atoms with Crippen LogP contribution < -0.4 is 5.32 Å². The van der Waals surface area contributed by atoms with Gasteiger partial charge in [0.25, 0.3) is 0 Å². The van der Waals surface area contributed by atoms with Crippen molar-refractivity contribution < 1.29 is 13.2 Å². The van der Waals surface area contributed by atoms with Crippen LogP contribution in [-0.4, -0.2) is 59.4 Å². The maximum atomic E-state index is 12.2. The Labute approximate surface area is 148 Å². The van der Waals surface area contributed by atoms with Crippen molar-refractivity contribution >= 4 is 21.7 Å². The number of carbonyl (C=O) groups excluding carboxylic acids is 1. The fourth-order valence-corrected chi connectivity index (χ4v) is 4.66. The molecular weight excluding hydrogens is 342 g/mol. The van der Waals surface area contributed by atoms with E-state index in [0.717, 1.165) is 30.6 Å². The minimum absolute atomic E-state index is 0.0371. The fraction of sp³-hybridized carbons (Fsp3) is 0.688. The lowest BCUT2D eigenvalue weighted by molar-refractivity contribution is -0.129. The Bertz CT molecular complexity index is 763. The maximum Gasteiger partial charge on any atom is 0.220 e. The third kappa shape index (κ3) is 3.35. The molecule has 0 saturated carbocycles. The summed E-state index contributed by atoms with van der Waals surface area (Å²) in [6.45, 7) is 4.69. The van der Waals surface area contributed by atoms with E-state index in [2.05, 4.69) is 10.3 Å². The fourth-order valence-electron chi connectivity index (χ4n) is 3.60. The average Bonchev–Trinajstić information content (AvgIpc) is 3.10. The minimum atomic E-state index is -3.24. The monoisotopic (exact) mass is 367 g/mol. The van der Waals surface area contributed by atoms with E-state index >= 15 is 0 Å². The van der Waals surface area contributed by atoms with Crippen LogP contribution in [0.5, 0.6) is 0 Å². The topological polar surface area (TPSA) is 95.5 Å².